The first-order chi connectivity index (χ1) is 9.70. The SMILES string of the molecule is CC1OCCC1N(C)CCOc1ccc(CC#N)cc1. The maximum absolute atomic E-state index is 8.62. The Balaban J connectivity index is 1.74. The molecule has 1 saturated heterocycles. The summed E-state index contributed by atoms with van der Waals surface area (Å²) in [5.74, 6) is 0.857. The molecule has 1 aromatic carbocycles. The molecule has 4 nitrogen and oxygen atoms in total. The van der Waals surface area contributed by atoms with Crippen LogP contribution in [0.3, 0.4) is 0 Å². The topological polar surface area (TPSA) is 45.5 Å². The van der Waals surface area contributed by atoms with Crippen LogP contribution in [0.4, 0.5) is 0 Å². The van der Waals surface area contributed by atoms with Crippen molar-refractivity contribution in [3.8, 4) is 11.8 Å². The Bertz CT molecular complexity index is 453. The molecule has 108 valence electrons. The molecule has 2 rings (SSSR count). The van der Waals surface area contributed by atoms with Crippen LogP contribution in [0.25, 0.3) is 0 Å². The Labute approximate surface area is 120 Å². The van der Waals surface area contributed by atoms with Gasteiger partial charge in [0.05, 0.1) is 18.6 Å². The van der Waals surface area contributed by atoms with Crippen LogP contribution in [0, 0.1) is 11.3 Å². The first-order valence-electron chi connectivity index (χ1n) is 7.11. The lowest BCUT2D eigenvalue weighted by Gasteiger charge is -2.26. The van der Waals surface area contributed by atoms with E-state index in [0.29, 0.717) is 25.2 Å². The first kappa shape index (κ1) is 14.8. The number of rotatable bonds is 6. The largest absolute Gasteiger partial charge is 0.492 e. The highest BCUT2D eigenvalue weighted by molar-refractivity contribution is 5.28. The van der Waals surface area contributed by atoms with Gasteiger partial charge in [-0.3, -0.25) is 4.90 Å². The summed E-state index contributed by atoms with van der Waals surface area (Å²) in [6.07, 6.45) is 1.86. The average molecular weight is 274 g/mol. The van der Waals surface area contributed by atoms with Crippen molar-refractivity contribution < 1.29 is 9.47 Å². The lowest BCUT2D eigenvalue weighted by atomic mass is 10.1. The molecule has 0 saturated carbocycles. The monoisotopic (exact) mass is 274 g/mol. The van der Waals surface area contributed by atoms with Crippen LogP contribution in [0.5, 0.6) is 5.75 Å². The van der Waals surface area contributed by atoms with Gasteiger partial charge >= 0.3 is 0 Å². The van der Waals surface area contributed by atoms with Gasteiger partial charge in [0.15, 0.2) is 0 Å². The Kier molecular flexibility index (Phi) is 5.40. The van der Waals surface area contributed by atoms with Crippen molar-refractivity contribution in [3.63, 3.8) is 0 Å². The van der Waals surface area contributed by atoms with E-state index in [1.165, 1.54) is 0 Å². The lowest BCUT2D eigenvalue weighted by Crippen LogP contribution is -2.39. The molecule has 4 heteroatoms. The molecule has 0 aromatic heterocycles. The number of hydrogen-bond donors (Lipinski definition) is 0. The summed E-state index contributed by atoms with van der Waals surface area (Å²) in [5.41, 5.74) is 1.02. The van der Waals surface area contributed by atoms with Crippen LogP contribution < -0.4 is 4.74 Å². The standard InChI is InChI=1S/C16H22N2O2/c1-13-16(8-11-19-13)18(2)10-12-20-15-5-3-14(4-6-15)7-9-17/h3-6,13,16H,7-8,10-12H2,1-2H3. The highest BCUT2D eigenvalue weighted by Crippen LogP contribution is 2.18. The van der Waals surface area contributed by atoms with Crippen molar-refractivity contribution in [2.75, 3.05) is 26.8 Å². The van der Waals surface area contributed by atoms with Crippen molar-refractivity contribution >= 4 is 0 Å². The zero-order valence-electron chi connectivity index (χ0n) is 12.2. The van der Waals surface area contributed by atoms with Gasteiger partial charge in [-0.2, -0.15) is 5.26 Å². The molecule has 0 bridgehead atoms. The highest BCUT2D eigenvalue weighted by atomic mass is 16.5. The summed E-state index contributed by atoms with van der Waals surface area (Å²) < 4.78 is 11.3. The maximum atomic E-state index is 8.62. The quantitative estimate of drug-likeness (QED) is 0.798. The molecule has 2 unspecified atom stereocenters. The van der Waals surface area contributed by atoms with E-state index in [4.69, 9.17) is 14.7 Å². The summed E-state index contributed by atoms with van der Waals surface area (Å²) in [6, 6.07) is 10.4. The third-order valence-electron chi connectivity index (χ3n) is 3.82. The second-order valence-corrected chi connectivity index (χ2v) is 5.24. The molecule has 1 aliphatic heterocycles. The predicted octanol–water partition coefficient (Wildman–Crippen LogP) is 2.24. The van der Waals surface area contributed by atoms with Crippen LogP contribution in [0.1, 0.15) is 18.9 Å². The van der Waals surface area contributed by atoms with E-state index in [1.54, 1.807) is 0 Å². The summed E-state index contributed by atoms with van der Waals surface area (Å²) in [6.45, 7) is 4.54. The Hall–Kier alpha value is -1.57. The molecule has 1 heterocycles. The number of nitriles is 1. The van der Waals surface area contributed by atoms with Gasteiger partial charge in [-0.05, 0) is 38.1 Å². The molecule has 0 spiro atoms. The molecular weight excluding hydrogens is 252 g/mol. The van der Waals surface area contributed by atoms with Crippen molar-refractivity contribution in [1.82, 2.24) is 4.90 Å². The van der Waals surface area contributed by atoms with Crippen molar-refractivity contribution in [2.45, 2.75) is 31.9 Å². The molecule has 0 aliphatic carbocycles. The zero-order valence-corrected chi connectivity index (χ0v) is 12.2. The van der Waals surface area contributed by atoms with E-state index in [1.807, 2.05) is 24.3 Å². The summed E-state index contributed by atoms with van der Waals surface area (Å²) in [5, 5.41) is 8.62. The molecule has 0 N–H and O–H groups in total. The van der Waals surface area contributed by atoms with Crippen LogP contribution in [-0.2, 0) is 11.2 Å². The van der Waals surface area contributed by atoms with E-state index >= 15 is 0 Å². The Morgan fingerprint density at radius 2 is 2.15 bits per heavy atom. The van der Waals surface area contributed by atoms with Crippen molar-refractivity contribution in [1.29, 1.82) is 5.26 Å². The predicted molar refractivity (Wildman–Crippen MR) is 77.7 cm³/mol. The fourth-order valence-electron chi connectivity index (χ4n) is 2.57. The third kappa shape index (κ3) is 3.96. The molecule has 20 heavy (non-hydrogen) atoms. The number of likely N-dealkylation sites (N-methyl/N-ethyl adjacent to an activating group) is 1. The minimum atomic E-state index is 0.310. The molecule has 0 radical (unpaired) electrons. The lowest BCUT2D eigenvalue weighted by molar-refractivity contribution is 0.0787. The number of nitrogens with zero attached hydrogens (tertiary/aromatic N) is 2. The van der Waals surface area contributed by atoms with Gasteiger partial charge in [0.2, 0.25) is 0 Å². The molecule has 1 aromatic rings. The van der Waals surface area contributed by atoms with Gasteiger partial charge in [0.1, 0.15) is 12.4 Å². The molecule has 0 amide bonds. The van der Waals surface area contributed by atoms with Gasteiger partial charge in [0, 0.05) is 19.2 Å². The van der Waals surface area contributed by atoms with Crippen LogP contribution in [0.15, 0.2) is 24.3 Å². The van der Waals surface area contributed by atoms with Crippen LogP contribution in [0.2, 0.25) is 0 Å². The minimum Gasteiger partial charge on any atom is -0.492 e. The second-order valence-electron chi connectivity index (χ2n) is 5.24. The van der Waals surface area contributed by atoms with E-state index in [0.717, 1.165) is 30.9 Å². The van der Waals surface area contributed by atoms with Crippen molar-refractivity contribution in [2.24, 2.45) is 0 Å². The summed E-state index contributed by atoms with van der Waals surface area (Å²) >= 11 is 0. The fraction of sp³-hybridized carbons (Fsp3) is 0.562. The second kappa shape index (κ2) is 7.28. The molecular formula is C16H22N2O2. The fourth-order valence-corrected chi connectivity index (χ4v) is 2.57. The zero-order chi connectivity index (χ0) is 14.4. The average Bonchev–Trinajstić information content (AvgIpc) is 2.87. The third-order valence-corrected chi connectivity index (χ3v) is 3.82. The normalized spacial score (nSPS) is 21.9. The number of hydrogen-bond acceptors (Lipinski definition) is 4. The van der Waals surface area contributed by atoms with Crippen LogP contribution >= 0.6 is 0 Å². The molecule has 2 atom stereocenters. The number of benzene rings is 1. The van der Waals surface area contributed by atoms with Crippen LogP contribution in [-0.4, -0.2) is 43.9 Å². The Morgan fingerprint density at radius 1 is 1.40 bits per heavy atom. The number of ether oxygens (including phenoxy) is 2. The van der Waals surface area contributed by atoms with Gasteiger partial charge in [0.25, 0.3) is 0 Å². The van der Waals surface area contributed by atoms with E-state index < -0.39 is 0 Å². The van der Waals surface area contributed by atoms with Crippen molar-refractivity contribution in [3.05, 3.63) is 29.8 Å². The van der Waals surface area contributed by atoms with Gasteiger partial charge in [-0.15, -0.1) is 0 Å². The smallest absolute Gasteiger partial charge is 0.119 e. The summed E-state index contributed by atoms with van der Waals surface area (Å²) in [4.78, 5) is 2.31. The summed E-state index contributed by atoms with van der Waals surface area (Å²) in [7, 11) is 2.12. The minimum absolute atomic E-state index is 0.310. The molecule has 1 aliphatic rings. The van der Waals surface area contributed by atoms with E-state index in [9.17, 15) is 0 Å². The van der Waals surface area contributed by atoms with Gasteiger partial charge < -0.3 is 9.47 Å². The van der Waals surface area contributed by atoms with Gasteiger partial charge in [-0.25, -0.2) is 0 Å². The highest BCUT2D eigenvalue weighted by Gasteiger charge is 2.27. The van der Waals surface area contributed by atoms with Gasteiger partial charge in [-0.1, -0.05) is 12.1 Å². The maximum Gasteiger partial charge on any atom is 0.119 e. The Morgan fingerprint density at radius 3 is 2.75 bits per heavy atom. The molecule has 1 fully saturated rings. The first-order valence-corrected chi connectivity index (χ1v) is 7.11. The van der Waals surface area contributed by atoms with E-state index in [2.05, 4.69) is 24.9 Å². The van der Waals surface area contributed by atoms with E-state index in [-0.39, 0.29) is 0 Å².